The number of anilines is 1. The molecule has 3 heterocycles. The van der Waals surface area contributed by atoms with Crippen molar-refractivity contribution >= 4 is 11.8 Å². The van der Waals surface area contributed by atoms with Gasteiger partial charge in [-0.1, -0.05) is 49.3 Å². The minimum Gasteiger partial charge on any atom is -0.379 e. The van der Waals surface area contributed by atoms with Crippen molar-refractivity contribution in [2.45, 2.75) is 46.1 Å². The van der Waals surface area contributed by atoms with Crippen LogP contribution in [-0.2, 0) is 16.1 Å². The molecule has 2 saturated heterocycles. The minimum absolute atomic E-state index is 0.197. The number of piperidine rings is 1. The monoisotopic (exact) mass is 454 g/mol. The molecule has 1 amide bonds. The third-order valence-corrected chi connectivity index (χ3v) is 6.53. The standard InChI is InChI=1S/C26H38N4O3/c1-21(2)19-24(31)30(14-13-28-15-17-32-18-16-28)20-23-25(22-9-5-3-6-10-22)27-33-26(23)29-11-7-4-8-12-29/h3,5-6,9-10,21H,4,7-8,11-20H2,1-2H3. The number of carbonyl (C=O) groups is 1. The summed E-state index contributed by atoms with van der Waals surface area (Å²) in [6.07, 6.45) is 4.12. The number of ether oxygens (including phenoxy) is 1. The van der Waals surface area contributed by atoms with Crippen molar-refractivity contribution in [3.05, 3.63) is 35.9 Å². The van der Waals surface area contributed by atoms with Gasteiger partial charge in [-0.05, 0) is 25.2 Å². The molecule has 0 unspecified atom stereocenters. The molecule has 33 heavy (non-hydrogen) atoms. The Balaban J connectivity index is 1.60. The van der Waals surface area contributed by atoms with Gasteiger partial charge in [0, 0.05) is 51.3 Å². The maximum absolute atomic E-state index is 13.3. The first-order valence-electron chi connectivity index (χ1n) is 12.5. The summed E-state index contributed by atoms with van der Waals surface area (Å²) >= 11 is 0. The number of aromatic nitrogens is 1. The highest BCUT2D eigenvalue weighted by atomic mass is 16.5. The van der Waals surface area contributed by atoms with Gasteiger partial charge in [0.15, 0.2) is 0 Å². The normalized spacial score (nSPS) is 17.5. The van der Waals surface area contributed by atoms with Gasteiger partial charge in [0.1, 0.15) is 5.69 Å². The van der Waals surface area contributed by atoms with Crippen LogP contribution in [0.2, 0.25) is 0 Å². The van der Waals surface area contributed by atoms with Gasteiger partial charge in [-0.2, -0.15) is 0 Å². The summed E-state index contributed by atoms with van der Waals surface area (Å²) in [4.78, 5) is 20.0. The van der Waals surface area contributed by atoms with Gasteiger partial charge >= 0.3 is 0 Å². The zero-order valence-electron chi connectivity index (χ0n) is 20.2. The molecule has 1 aromatic carbocycles. The molecular weight excluding hydrogens is 416 g/mol. The number of rotatable bonds is 9. The van der Waals surface area contributed by atoms with Crippen LogP contribution in [0, 0.1) is 5.92 Å². The van der Waals surface area contributed by atoms with Crippen LogP contribution in [-0.4, -0.2) is 73.3 Å². The molecule has 0 saturated carbocycles. The first-order valence-corrected chi connectivity index (χ1v) is 12.5. The van der Waals surface area contributed by atoms with Crippen molar-refractivity contribution < 1.29 is 14.1 Å². The summed E-state index contributed by atoms with van der Waals surface area (Å²) < 4.78 is 11.4. The van der Waals surface area contributed by atoms with Gasteiger partial charge in [-0.15, -0.1) is 0 Å². The summed E-state index contributed by atoms with van der Waals surface area (Å²) in [6.45, 7) is 11.6. The second-order valence-electron chi connectivity index (χ2n) is 9.60. The zero-order valence-corrected chi connectivity index (χ0v) is 20.2. The average Bonchev–Trinajstić information content (AvgIpc) is 3.26. The van der Waals surface area contributed by atoms with Crippen molar-refractivity contribution in [1.29, 1.82) is 0 Å². The Morgan fingerprint density at radius 3 is 2.48 bits per heavy atom. The van der Waals surface area contributed by atoms with E-state index in [-0.39, 0.29) is 5.91 Å². The topological polar surface area (TPSA) is 62.1 Å². The molecule has 0 aliphatic carbocycles. The highest BCUT2D eigenvalue weighted by Crippen LogP contribution is 2.34. The molecule has 2 fully saturated rings. The maximum Gasteiger partial charge on any atom is 0.232 e. The second-order valence-corrected chi connectivity index (χ2v) is 9.60. The van der Waals surface area contributed by atoms with E-state index in [1.54, 1.807) is 0 Å². The van der Waals surface area contributed by atoms with Crippen molar-refractivity contribution in [2.75, 3.05) is 57.4 Å². The third kappa shape index (κ3) is 6.36. The molecule has 1 aromatic heterocycles. The number of hydrogen-bond acceptors (Lipinski definition) is 6. The summed E-state index contributed by atoms with van der Waals surface area (Å²) in [6, 6.07) is 10.2. The minimum atomic E-state index is 0.197. The van der Waals surface area contributed by atoms with Gasteiger partial charge in [0.25, 0.3) is 0 Å². The van der Waals surface area contributed by atoms with Gasteiger partial charge in [-0.25, -0.2) is 0 Å². The van der Waals surface area contributed by atoms with E-state index in [9.17, 15) is 4.79 Å². The van der Waals surface area contributed by atoms with Crippen LogP contribution >= 0.6 is 0 Å². The van der Waals surface area contributed by atoms with Gasteiger partial charge in [-0.3, -0.25) is 9.69 Å². The number of nitrogens with zero attached hydrogens (tertiary/aromatic N) is 4. The molecule has 0 radical (unpaired) electrons. The van der Waals surface area contributed by atoms with Crippen molar-refractivity contribution in [3.8, 4) is 11.3 Å². The van der Waals surface area contributed by atoms with Crippen LogP contribution < -0.4 is 4.90 Å². The zero-order chi connectivity index (χ0) is 23.0. The Bertz CT molecular complexity index is 871. The molecule has 4 rings (SSSR count). The lowest BCUT2D eigenvalue weighted by molar-refractivity contribution is -0.133. The maximum atomic E-state index is 13.3. The molecule has 7 heteroatoms. The quantitative estimate of drug-likeness (QED) is 0.570. The van der Waals surface area contributed by atoms with Crippen molar-refractivity contribution in [2.24, 2.45) is 5.92 Å². The van der Waals surface area contributed by atoms with Crippen molar-refractivity contribution in [3.63, 3.8) is 0 Å². The Hall–Kier alpha value is -2.38. The van der Waals surface area contributed by atoms with E-state index in [1.165, 1.54) is 6.42 Å². The second kappa shape index (κ2) is 11.7. The predicted octanol–water partition coefficient (Wildman–Crippen LogP) is 4.04. The Morgan fingerprint density at radius 1 is 1.06 bits per heavy atom. The predicted molar refractivity (Wildman–Crippen MR) is 130 cm³/mol. The third-order valence-electron chi connectivity index (χ3n) is 6.53. The lowest BCUT2D eigenvalue weighted by Gasteiger charge is -2.31. The Morgan fingerprint density at radius 2 is 1.79 bits per heavy atom. The SMILES string of the molecule is CC(C)CC(=O)N(CCN1CCOCC1)Cc1c(-c2ccccc2)noc1N1CCCCC1. The summed E-state index contributed by atoms with van der Waals surface area (Å²) in [5.41, 5.74) is 2.91. The Kier molecular flexibility index (Phi) is 8.40. The largest absolute Gasteiger partial charge is 0.379 e. The summed E-state index contributed by atoms with van der Waals surface area (Å²) in [5, 5.41) is 4.50. The van der Waals surface area contributed by atoms with E-state index < -0.39 is 0 Å². The van der Waals surface area contributed by atoms with E-state index in [0.717, 1.165) is 81.5 Å². The molecule has 0 atom stereocenters. The smallest absolute Gasteiger partial charge is 0.232 e. The molecule has 0 bridgehead atoms. The number of benzene rings is 1. The van der Waals surface area contributed by atoms with Gasteiger partial charge in [0.05, 0.1) is 25.3 Å². The molecule has 2 aliphatic heterocycles. The lowest BCUT2D eigenvalue weighted by Crippen LogP contribution is -2.43. The molecule has 180 valence electrons. The number of hydrogen-bond donors (Lipinski definition) is 0. The van der Waals surface area contributed by atoms with Crippen LogP contribution in [0.3, 0.4) is 0 Å². The van der Waals surface area contributed by atoms with E-state index in [2.05, 4.69) is 40.9 Å². The fraction of sp³-hybridized carbons (Fsp3) is 0.615. The molecule has 0 N–H and O–H groups in total. The molecule has 0 spiro atoms. The summed E-state index contributed by atoms with van der Waals surface area (Å²) in [5.74, 6) is 1.35. The van der Waals surface area contributed by atoms with Crippen LogP contribution in [0.4, 0.5) is 5.88 Å². The fourth-order valence-corrected chi connectivity index (χ4v) is 4.66. The average molecular weight is 455 g/mol. The van der Waals surface area contributed by atoms with Crippen molar-refractivity contribution in [1.82, 2.24) is 15.0 Å². The van der Waals surface area contributed by atoms with E-state index in [0.29, 0.717) is 25.4 Å². The van der Waals surface area contributed by atoms with E-state index >= 15 is 0 Å². The number of carbonyl (C=O) groups excluding carboxylic acids is 1. The highest BCUT2D eigenvalue weighted by molar-refractivity contribution is 5.77. The first-order chi connectivity index (χ1) is 16.1. The number of morpholine rings is 1. The molecule has 2 aliphatic rings. The van der Waals surface area contributed by atoms with Crippen LogP contribution in [0.15, 0.2) is 34.9 Å². The summed E-state index contributed by atoms with van der Waals surface area (Å²) in [7, 11) is 0. The van der Waals surface area contributed by atoms with E-state index in [1.807, 2.05) is 23.1 Å². The first kappa shape index (κ1) is 23.8. The lowest BCUT2D eigenvalue weighted by atomic mass is 10.0. The van der Waals surface area contributed by atoms with E-state index in [4.69, 9.17) is 9.26 Å². The number of amides is 1. The Labute approximate surface area is 197 Å². The van der Waals surface area contributed by atoms with Crippen LogP contribution in [0.5, 0.6) is 0 Å². The van der Waals surface area contributed by atoms with Gasteiger partial charge in [0.2, 0.25) is 11.8 Å². The fourth-order valence-electron chi connectivity index (χ4n) is 4.66. The highest BCUT2D eigenvalue weighted by Gasteiger charge is 2.27. The van der Waals surface area contributed by atoms with Crippen LogP contribution in [0.1, 0.15) is 45.1 Å². The molecule has 2 aromatic rings. The van der Waals surface area contributed by atoms with Gasteiger partial charge < -0.3 is 19.1 Å². The molecule has 7 nitrogen and oxygen atoms in total. The van der Waals surface area contributed by atoms with Crippen LogP contribution in [0.25, 0.3) is 11.3 Å². The molecular formula is C26H38N4O3.